The predicted octanol–water partition coefficient (Wildman–Crippen LogP) is 2.68. The van der Waals surface area contributed by atoms with Crippen LogP contribution >= 0.6 is 0 Å². The van der Waals surface area contributed by atoms with Crippen molar-refractivity contribution < 1.29 is 9.53 Å². The highest BCUT2D eigenvalue weighted by Crippen LogP contribution is 2.23. The van der Waals surface area contributed by atoms with Crippen molar-refractivity contribution in [3.8, 4) is 5.75 Å². The summed E-state index contributed by atoms with van der Waals surface area (Å²) in [4.78, 5) is 14.3. The Morgan fingerprint density at radius 1 is 1.26 bits per heavy atom. The highest BCUT2D eigenvalue weighted by Gasteiger charge is 2.18. The molecule has 0 spiro atoms. The van der Waals surface area contributed by atoms with E-state index in [1.807, 2.05) is 11.8 Å². The van der Waals surface area contributed by atoms with Crippen LogP contribution in [0.5, 0.6) is 5.75 Å². The van der Waals surface area contributed by atoms with Gasteiger partial charge in [-0.05, 0) is 38.0 Å². The molecule has 0 radical (unpaired) electrons. The lowest BCUT2D eigenvalue weighted by molar-refractivity contribution is 0.0761. The minimum atomic E-state index is 0.0802. The van der Waals surface area contributed by atoms with E-state index < -0.39 is 0 Å². The summed E-state index contributed by atoms with van der Waals surface area (Å²) < 4.78 is 5.39. The molecule has 0 atom stereocenters. The number of nitrogen functional groups attached to an aromatic ring is 1. The van der Waals surface area contributed by atoms with Crippen LogP contribution in [0, 0.1) is 0 Å². The number of likely N-dealkylation sites (tertiary alicyclic amines) is 1. The smallest absolute Gasteiger partial charge is 0.253 e. The van der Waals surface area contributed by atoms with Crippen LogP contribution in [0.15, 0.2) is 18.2 Å². The van der Waals surface area contributed by atoms with E-state index in [1.165, 1.54) is 12.8 Å². The Bertz CT molecular complexity index is 438. The molecule has 1 aromatic rings. The number of benzene rings is 1. The fourth-order valence-corrected chi connectivity index (χ4v) is 2.42. The maximum Gasteiger partial charge on any atom is 0.253 e. The minimum absolute atomic E-state index is 0.0802. The molecule has 1 fully saturated rings. The largest absolute Gasteiger partial charge is 0.492 e. The van der Waals surface area contributed by atoms with Gasteiger partial charge in [0.2, 0.25) is 0 Å². The molecule has 1 aliphatic rings. The second-order valence-corrected chi connectivity index (χ2v) is 4.89. The zero-order valence-electron chi connectivity index (χ0n) is 11.5. The average Bonchev–Trinajstić information content (AvgIpc) is 2.69. The van der Waals surface area contributed by atoms with Crippen LogP contribution in [0.1, 0.15) is 43.0 Å². The molecule has 2 N–H and O–H groups in total. The van der Waals surface area contributed by atoms with Crippen molar-refractivity contribution in [1.82, 2.24) is 4.90 Å². The van der Waals surface area contributed by atoms with Crippen molar-refractivity contribution in [3.63, 3.8) is 0 Å². The molecule has 1 amide bonds. The normalized spacial score (nSPS) is 15.9. The van der Waals surface area contributed by atoms with Gasteiger partial charge in [0.05, 0.1) is 12.3 Å². The topological polar surface area (TPSA) is 55.6 Å². The Morgan fingerprint density at radius 3 is 2.53 bits per heavy atom. The van der Waals surface area contributed by atoms with Gasteiger partial charge in [0.15, 0.2) is 0 Å². The molecule has 1 aromatic carbocycles. The molecule has 0 aliphatic carbocycles. The molecule has 1 saturated heterocycles. The number of hydrogen-bond donors (Lipinski definition) is 1. The molecule has 1 heterocycles. The van der Waals surface area contributed by atoms with Crippen molar-refractivity contribution in [3.05, 3.63) is 23.8 Å². The second-order valence-electron chi connectivity index (χ2n) is 4.89. The number of nitrogens with two attached hydrogens (primary N) is 1. The number of carbonyl (C=O) groups is 1. The molecular formula is C15H22N2O2. The van der Waals surface area contributed by atoms with E-state index in [0.29, 0.717) is 23.6 Å². The summed E-state index contributed by atoms with van der Waals surface area (Å²) in [7, 11) is 0. The van der Waals surface area contributed by atoms with Crippen LogP contribution in [0.25, 0.3) is 0 Å². The Balaban J connectivity index is 2.12. The van der Waals surface area contributed by atoms with Crippen LogP contribution in [-0.2, 0) is 0 Å². The number of nitrogens with zero attached hydrogens (tertiary/aromatic N) is 1. The van der Waals surface area contributed by atoms with Crippen LogP contribution in [0.4, 0.5) is 5.69 Å². The maximum absolute atomic E-state index is 12.4. The lowest BCUT2D eigenvalue weighted by Gasteiger charge is -2.20. The van der Waals surface area contributed by atoms with E-state index in [0.717, 1.165) is 25.9 Å². The van der Waals surface area contributed by atoms with Gasteiger partial charge in [-0.1, -0.05) is 12.8 Å². The third-order valence-corrected chi connectivity index (χ3v) is 3.45. The van der Waals surface area contributed by atoms with E-state index in [1.54, 1.807) is 18.2 Å². The minimum Gasteiger partial charge on any atom is -0.492 e. The fraction of sp³-hybridized carbons (Fsp3) is 0.533. The van der Waals surface area contributed by atoms with Crippen LogP contribution in [-0.4, -0.2) is 30.5 Å². The number of amides is 1. The number of rotatable bonds is 3. The molecular weight excluding hydrogens is 240 g/mol. The van der Waals surface area contributed by atoms with E-state index in [2.05, 4.69) is 0 Å². The van der Waals surface area contributed by atoms with Crippen LogP contribution < -0.4 is 10.5 Å². The van der Waals surface area contributed by atoms with Gasteiger partial charge < -0.3 is 15.4 Å². The standard InChI is InChI=1S/C15H22N2O2/c1-2-19-14-8-7-12(11-13(14)16)15(18)17-9-5-3-4-6-10-17/h7-8,11H,2-6,9-10,16H2,1H3. The summed E-state index contributed by atoms with van der Waals surface area (Å²) in [6.07, 6.45) is 4.63. The fourth-order valence-electron chi connectivity index (χ4n) is 2.42. The summed E-state index contributed by atoms with van der Waals surface area (Å²) in [6.45, 7) is 4.19. The first-order valence-electron chi connectivity index (χ1n) is 7.04. The van der Waals surface area contributed by atoms with Gasteiger partial charge in [-0.2, -0.15) is 0 Å². The molecule has 4 nitrogen and oxygen atoms in total. The molecule has 1 aliphatic heterocycles. The molecule has 19 heavy (non-hydrogen) atoms. The zero-order valence-corrected chi connectivity index (χ0v) is 11.5. The maximum atomic E-state index is 12.4. The van der Waals surface area contributed by atoms with Gasteiger partial charge in [0.1, 0.15) is 5.75 Å². The molecule has 2 rings (SSSR count). The Morgan fingerprint density at radius 2 is 1.95 bits per heavy atom. The third-order valence-electron chi connectivity index (χ3n) is 3.45. The number of ether oxygens (including phenoxy) is 1. The number of hydrogen-bond acceptors (Lipinski definition) is 3. The summed E-state index contributed by atoms with van der Waals surface area (Å²) in [5.74, 6) is 0.728. The molecule has 0 bridgehead atoms. The van der Waals surface area contributed by atoms with Gasteiger partial charge in [-0.15, -0.1) is 0 Å². The van der Waals surface area contributed by atoms with Gasteiger partial charge >= 0.3 is 0 Å². The Hall–Kier alpha value is -1.71. The number of anilines is 1. The van der Waals surface area contributed by atoms with Gasteiger partial charge in [-0.25, -0.2) is 0 Å². The third kappa shape index (κ3) is 3.40. The first-order valence-corrected chi connectivity index (χ1v) is 7.04. The van der Waals surface area contributed by atoms with Gasteiger partial charge in [-0.3, -0.25) is 4.79 Å². The quantitative estimate of drug-likeness (QED) is 0.852. The first-order chi connectivity index (χ1) is 9.22. The van der Waals surface area contributed by atoms with Crippen molar-refractivity contribution in [1.29, 1.82) is 0 Å². The molecule has 0 saturated carbocycles. The van der Waals surface area contributed by atoms with E-state index in [-0.39, 0.29) is 5.91 Å². The first kappa shape index (κ1) is 13.7. The molecule has 0 unspecified atom stereocenters. The average molecular weight is 262 g/mol. The second kappa shape index (κ2) is 6.45. The van der Waals surface area contributed by atoms with Crippen molar-refractivity contribution in [2.24, 2.45) is 0 Å². The van der Waals surface area contributed by atoms with E-state index >= 15 is 0 Å². The van der Waals surface area contributed by atoms with E-state index in [4.69, 9.17) is 10.5 Å². The zero-order chi connectivity index (χ0) is 13.7. The molecule has 4 heteroatoms. The summed E-state index contributed by atoms with van der Waals surface area (Å²) in [5, 5.41) is 0. The lowest BCUT2D eigenvalue weighted by atomic mass is 10.1. The SMILES string of the molecule is CCOc1ccc(C(=O)N2CCCCCC2)cc1N. The Labute approximate surface area is 114 Å². The predicted molar refractivity (Wildman–Crippen MR) is 76.4 cm³/mol. The highest BCUT2D eigenvalue weighted by atomic mass is 16.5. The summed E-state index contributed by atoms with van der Waals surface area (Å²) in [6, 6.07) is 5.30. The monoisotopic (exact) mass is 262 g/mol. The van der Waals surface area contributed by atoms with Crippen molar-refractivity contribution in [2.45, 2.75) is 32.6 Å². The molecule has 104 valence electrons. The van der Waals surface area contributed by atoms with Crippen molar-refractivity contribution >= 4 is 11.6 Å². The summed E-state index contributed by atoms with van der Waals surface area (Å²) >= 11 is 0. The van der Waals surface area contributed by atoms with Crippen LogP contribution in [0.3, 0.4) is 0 Å². The molecule has 0 aromatic heterocycles. The van der Waals surface area contributed by atoms with Crippen LogP contribution in [0.2, 0.25) is 0 Å². The summed E-state index contributed by atoms with van der Waals surface area (Å²) in [5.41, 5.74) is 7.10. The van der Waals surface area contributed by atoms with E-state index in [9.17, 15) is 4.79 Å². The van der Waals surface area contributed by atoms with Crippen molar-refractivity contribution in [2.75, 3.05) is 25.4 Å². The highest BCUT2D eigenvalue weighted by molar-refractivity contribution is 5.95. The van der Waals surface area contributed by atoms with Gasteiger partial charge in [0.25, 0.3) is 5.91 Å². The van der Waals surface area contributed by atoms with Gasteiger partial charge in [0, 0.05) is 18.7 Å². The number of carbonyl (C=O) groups excluding carboxylic acids is 1. The Kier molecular flexibility index (Phi) is 4.66. The lowest BCUT2D eigenvalue weighted by Crippen LogP contribution is -2.31.